The van der Waals surface area contributed by atoms with Crippen molar-refractivity contribution in [3.63, 3.8) is 0 Å². The molecule has 32 heteroatoms. The first-order valence-corrected chi connectivity index (χ1v) is 48.3. The fraction of sp³-hybridized carbons (Fsp3) is 0.355. The minimum atomic E-state index is 0. The Bertz CT molecular complexity index is 7240. The second kappa shape index (κ2) is 45.5. The van der Waals surface area contributed by atoms with Gasteiger partial charge in [0, 0.05) is 139 Å². The molecule has 139 heavy (non-hydrogen) atoms. The molecule has 0 bridgehead atoms. The van der Waals surface area contributed by atoms with E-state index in [0.717, 1.165) is 309 Å². The van der Waals surface area contributed by atoms with E-state index < -0.39 is 0 Å². The molecule has 4 aromatic carbocycles. The van der Waals surface area contributed by atoms with Gasteiger partial charge in [-0.05, 0) is 287 Å². The number of pyridine rings is 3. The number of nitrogens with two attached hydrogens (primary N) is 1. The number of anilines is 2. The third kappa shape index (κ3) is 21.3. The van der Waals surface area contributed by atoms with Crippen molar-refractivity contribution in [1.29, 1.82) is 5.41 Å². The van der Waals surface area contributed by atoms with Crippen molar-refractivity contribution in [2.75, 3.05) is 30.3 Å². The first-order chi connectivity index (χ1) is 66.7. The Morgan fingerprint density at radius 1 is 0.612 bits per heavy atom. The number of benzene rings is 4. The number of fused-ring (bicyclic) bond motifs is 10. The zero-order valence-corrected chi connectivity index (χ0v) is 79.9. The Morgan fingerprint density at radius 3 is 1.83 bits per heavy atom. The number of aromatic nitrogens is 21. The van der Waals surface area contributed by atoms with Crippen LogP contribution in [0.3, 0.4) is 0 Å². The fourth-order valence-corrected chi connectivity index (χ4v) is 19.9. The topological polar surface area (TPSA) is 417 Å². The lowest BCUT2D eigenvalue weighted by molar-refractivity contribution is -0.119. The summed E-state index contributed by atoms with van der Waals surface area (Å²) in [4.78, 5) is 44.3. The van der Waals surface area contributed by atoms with E-state index in [1.54, 1.807) is 6.08 Å². The maximum Gasteiger partial charge on any atom is 0.227 e. The van der Waals surface area contributed by atoms with Crippen molar-refractivity contribution < 1.29 is 14.2 Å². The molecule has 12 aromatic heterocycles. The van der Waals surface area contributed by atoms with Crippen LogP contribution in [-0.4, -0.2) is 160 Å². The zero-order chi connectivity index (χ0) is 93.7. The number of aryl methyl sites for hydroxylation is 8. The van der Waals surface area contributed by atoms with Crippen LogP contribution in [0.2, 0.25) is 0 Å². The van der Waals surface area contributed by atoms with Crippen molar-refractivity contribution in [3.05, 3.63) is 243 Å². The molecule has 0 radical (unpaired) electrons. The number of halogens is 2. The normalized spacial score (nSPS) is 14.7. The number of allylic oxidation sites excluding steroid dienone is 4. The number of hydrogen-bond acceptors (Lipinski definition) is 20. The van der Waals surface area contributed by atoms with Gasteiger partial charge in [0.15, 0.2) is 5.82 Å². The van der Waals surface area contributed by atoms with Crippen LogP contribution in [0, 0.1) is 39.0 Å². The molecule has 30 nitrogen and oxygen atoms in total. The number of nitrogens with one attached hydrogen (secondary N) is 11. The van der Waals surface area contributed by atoms with Crippen LogP contribution in [-0.2, 0) is 57.0 Å². The van der Waals surface area contributed by atoms with E-state index >= 15 is 0 Å². The molecule has 13 heterocycles. The number of hydrogen-bond donors (Lipinski definition) is 12. The van der Waals surface area contributed by atoms with Crippen molar-refractivity contribution in [1.82, 2.24) is 111 Å². The molecule has 6 aliphatic rings. The second-order valence-electron chi connectivity index (χ2n) is 36.1. The van der Waals surface area contributed by atoms with Gasteiger partial charge >= 0.3 is 0 Å². The molecule has 16 aromatic rings. The van der Waals surface area contributed by atoms with Crippen LogP contribution in [0.5, 0.6) is 0 Å². The Labute approximate surface area is 807 Å². The second-order valence-corrected chi connectivity index (χ2v) is 36.1. The standard InChI is InChI=1S/C23H30N6.C23H25N5O.C22H23N7.C19H24N6.C19H19N5.CH4.2FH/c1-4-29(5-2)15-22-19-13-18(11-12-21(19)27-28-22)25-23(17-9-7-6-8-10-17)20-14-24-26-16(20)3;24-11-18-19(28-23(29)14-5-1-2-6-14)9-10-20-21(18)16-7-3-4-8-17(16)22(27-20)15-12-25-26-13-15;1-14-18(13-24-27-14)21(15-6-3-2-4-7-15)25-16-9-10-19-17(12-16)22(29-28-19)26-20-8-5-11-23-20;1-4-6-7-13-8-17(14-11-22-23-12(14)3)21-10-15(13)19-16(5-2)24-25-18(19)9-20;1-11-14(9-20-23-11)19-13-6-4-3-5-12(13)18-15-10-21-24(2)17(15)8-7-16(18)22-19;;;/h9,11-14H,4-8,10,15H2,1-3H3,(H,24,26)(H,27,28);9-14,24H,1-8H2,(H,25,26)(H,28,29);5-6,8-10,12-13H,2-4,7,11H2,1H3,(H,24,27)(H2,23,26,28,29);5,8,10-11H,2,4,6-7,9,20H2,1,3H3,(H,22,23)(H,24,25);7-10H,3-6H2,1-2H3,(H,20,23);1H4;2*1H. The number of carbonyl (C=O) groups is 1. The molecule has 0 atom stereocenters. The summed E-state index contributed by atoms with van der Waals surface area (Å²) < 4.78 is 1.94. The van der Waals surface area contributed by atoms with Gasteiger partial charge in [-0.25, -0.2) is 20.0 Å². The van der Waals surface area contributed by atoms with E-state index in [4.69, 9.17) is 31.1 Å². The van der Waals surface area contributed by atoms with E-state index in [9.17, 15) is 4.79 Å². The number of carbonyl (C=O) groups excluding carboxylic acids is 1. The van der Waals surface area contributed by atoms with Gasteiger partial charge in [0.2, 0.25) is 5.91 Å². The van der Waals surface area contributed by atoms with Crippen LogP contribution in [0.15, 0.2) is 173 Å². The predicted molar refractivity (Wildman–Crippen MR) is 558 cm³/mol. The monoisotopic (exact) mass is 1870 g/mol. The molecule has 13 N–H and O–H groups in total. The summed E-state index contributed by atoms with van der Waals surface area (Å²) in [6.07, 6.45) is 52.5. The van der Waals surface area contributed by atoms with Crippen molar-refractivity contribution in [2.24, 2.45) is 33.7 Å². The molecule has 0 unspecified atom stereocenters. The molecular weight excluding hydrogens is 1750 g/mol. The van der Waals surface area contributed by atoms with Crippen molar-refractivity contribution >= 4 is 113 Å². The smallest absolute Gasteiger partial charge is 0.227 e. The van der Waals surface area contributed by atoms with E-state index in [1.165, 1.54) is 100.0 Å². The quantitative estimate of drug-likeness (QED) is 0.0265. The van der Waals surface area contributed by atoms with Gasteiger partial charge in [-0.1, -0.05) is 72.3 Å². The molecule has 1 aliphatic heterocycles. The van der Waals surface area contributed by atoms with Gasteiger partial charge in [0.05, 0.1) is 134 Å². The van der Waals surface area contributed by atoms with Gasteiger partial charge < -0.3 is 21.8 Å². The van der Waals surface area contributed by atoms with Crippen molar-refractivity contribution in [3.8, 4) is 44.9 Å². The number of rotatable bonds is 23. The molecule has 720 valence electrons. The molecule has 1 fully saturated rings. The molecule has 0 saturated heterocycles. The number of nitrogens with zero attached hydrogens (tertiary/aromatic N) is 17. The highest BCUT2D eigenvalue weighted by Crippen LogP contribution is 2.43. The predicted octanol–water partition coefficient (Wildman–Crippen LogP) is 22.5. The summed E-state index contributed by atoms with van der Waals surface area (Å²) in [7, 11) is 2.00. The van der Waals surface area contributed by atoms with Crippen LogP contribution < -0.4 is 16.4 Å². The van der Waals surface area contributed by atoms with Gasteiger partial charge in [0.25, 0.3) is 0 Å². The summed E-state index contributed by atoms with van der Waals surface area (Å²) in [5.74, 6) is 1.77. The van der Waals surface area contributed by atoms with Gasteiger partial charge in [-0.2, -0.15) is 45.9 Å². The average molecular weight is 1870 g/mol. The third-order valence-electron chi connectivity index (χ3n) is 27.3. The Morgan fingerprint density at radius 2 is 1.22 bits per heavy atom. The highest BCUT2D eigenvalue weighted by molar-refractivity contribution is 6.16. The maximum atomic E-state index is 12.7. The minimum absolute atomic E-state index is 0. The van der Waals surface area contributed by atoms with Crippen LogP contribution in [0.25, 0.3) is 105 Å². The molecule has 22 rings (SSSR count). The first-order valence-electron chi connectivity index (χ1n) is 48.3. The Balaban J connectivity index is 0.000000131. The van der Waals surface area contributed by atoms with Crippen LogP contribution in [0.4, 0.5) is 32.3 Å². The highest BCUT2D eigenvalue weighted by atomic mass is 19.0. The number of aliphatic imine (C=N–C) groups is 3. The molecular formula is C107H127F2N29O. The summed E-state index contributed by atoms with van der Waals surface area (Å²) in [6.45, 7) is 22.6. The summed E-state index contributed by atoms with van der Waals surface area (Å²) >= 11 is 0. The molecule has 5 aliphatic carbocycles. The summed E-state index contributed by atoms with van der Waals surface area (Å²) in [5, 5.41) is 83.1. The van der Waals surface area contributed by atoms with Crippen LogP contribution in [0.1, 0.15) is 228 Å². The van der Waals surface area contributed by atoms with E-state index in [2.05, 4.69) is 208 Å². The van der Waals surface area contributed by atoms with E-state index in [-0.39, 0.29) is 28.7 Å². The number of amidine groups is 1. The Kier molecular flexibility index (Phi) is 32.3. The average Bonchev–Trinajstić information content (AvgIpc) is 1.71. The van der Waals surface area contributed by atoms with E-state index in [0.29, 0.717) is 13.1 Å². The van der Waals surface area contributed by atoms with Gasteiger partial charge in [-0.15, -0.1) is 0 Å². The zero-order valence-electron chi connectivity index (χ0n) is 79.9. The lowest BCUT2D eigenvalue weighted by Gasteiger charge is -2.23. The molecule has 1 amide bonds. The number of H-pyrrole nitrogens is 8. The minimum Gasteiger partial charge on any atom is -0.325 e. The van der Waals surface area contributed by atoms with E-state index in [1.807, 2.05) is 112 Å². The van der Waals surface area contributed by atoms with Gasteiger partial charge in [0.1, 0.15) is 5.84 Å². The lowest BCUT2D eigenvalue weighted by Crippen LogP contribution is -2.22. The first kappa shape index (κ1) is 98.7. The van der Waals surface area contributed by atoms with Crippen LogP contribution >= 0.6 is 0 Å². The molecule has 0 spiro atoms. The van der Waals surface area contributed by atoms with Gasteiger partial charge in [-0.3, -0.25) is 74.6 Å². The number of aromatic amines is 8. The summed E-state index contributed by atoms with van der Waals surface area (Å²) in [6, 6.07) is 22.7. The molecule has 1 saturated carbocycles. The summed E-state index contributed by atoms with van der Waals surface area (Å²) in [5.41, 5.74) is 43.1. The fourth-order valence-electron chi connectivity index (χ4n) is 19.9. The third-order valence-corrected chi connectivity index (χ3v) is 27.3. The SMILES string of the molecule is C.C=Cc1n[nH]c(CN)c1-c1cnc(-c2cn[nH]c2C)cc1CCCC.CCN(CC)Cc1[nH]nc2ccc(N=C(C3=CCCCC3)c3cn[nH]c3C)cc12.Cc1[nH]ncc1-c1nc2ccc3c(cnn3C)c2c2c1CCCC2.Cc1[nH]ncc1C(=Nc1ccc2[nH]nc(NC3=NCC=C3)c2c1)C1=CCCCC1.F.F.N=Cc1c(NC(=O)C2CCCC2)ccc2nc(-c3cn[nH]c3)c3c(c12)CCCC3. The maximum absolute atomic E-state index is 12.7. The number of amides is 1. The highest BCUT2D eigenvalue weighted by Gasteiger charge is 2.30. The Hall–Kier alpha value is -14.8. The lowest BCUT2D eigenvalue weighted by atomic mass is 9.85. The number of unbranched alkanes of at least 4 members (excludes halogenated alkanes) is 1. The van der Waals surface area contributed by atoms with Crippen molar-refractivity contribution in [2.45, 2.75) is 217 Å². The largest absolute Gasteiger partial charge is 0.325 e.